The van der Waals surface area contributed by atoms with E-state index in [1.807, 2.05) is 48.5 Å². The molecule has 0 bridgehead atoms. The highest BCUT2D eigenvalue weighted by molar-refractivity contribution is 9.10. The Morgan fingerprint density at radius 1 is 1.09 bits per heavy atom. The summed E-state index contributed by atoms with van der Waals surface area (Å²) in [4.78, 5) is 12.0. The summed E-state index contributed by atoms with van der Waals surface area (Å²) in [5.74, 6) is 0.685. The van der Waals surface area contributed by atoms with E-state index in [1.54, 1.807) is 12.1 Å². The fraction of sp³-hybridized carbons (Fsp3) is 0.200. The molecular weight excluding hydrogens is 484 g/mol. The molecule has 0 heterocycles. The topological polar surface area (TPSA) is 95.6 Å². The summed E-state index contributed by atoms with van der Waals surface area (Å²) in [5.41, 5.74) is 5.23. The lowest BCUT2D eigenvalue weighted by Crippen LogP contribution is -2.24. The van der Waals surface area contributed by atoms with Crippen LogP contribution in [0, 0.1) is 0 Å². The zero-order valence-electron chi connectivity index (χ0n) is 18.4. The third-order valence-electron chi connectivity index (χ3n) is 4.92. The maximum atomic E-state index is 12.0. The predicted octanol–water partition coefficient (Wildman–Crippen LogP) is 6.61. The van der Waals surface area contributed by atoms with Gasteiger partial charge in [0.2, 0.25) is 0 Å². The standard InChI is InChI=1S/C25H25BrN4O3/c1-3-17(2)18-7-10-23(11-8-18)33-16-25(32)30-27-15-19-13-22(9-12-24(19)31)29-28-21-6-4-5-20(26)14-21/h4-15,17,31H,3,16H2,1-2H3,(H,30,32)/b27-15+,29-28?. The van der Waals surface area contributed by atoms with Gasteiger partial charge in [-0.15, -0.1) is 0 Å². The minimum atomic E-state index is -0.415. The Morgan fingerprint density at radius 3 is 2.52 bits per heavy atom. The number of phenols is 1. The minimum Gasteiger partial charge on any atom is -0.507 e. The van der Waals surface area contributed by atoms with Gasteiger partial charge in [-0.2, -0.15) is 15.3 Å². The number of rotatable bonds is 9. The molecule has 0 fully saturated rings. The van der Waals surface area contributed by atoms with E-state index in [1.165, 1.54) is 17.8 Å². The first-order chi connectivity index (χ1) is 15.9. The maximum absolute atomic E-state index is 12.0. The molecule has 1 amide bonds. The molecule has 0 radical (unpaired) electrons. The van der Waals surface area contributed by atoms with E-state index in [9.17, 15) is 9.90 Å². The lowest BCUT2D eigenvalue weighted by molar-refractivity contribution is -0.123. The van der Waals surface area contributed by atoms with Crippen LogP contribution in [0.1, 0.15) is 37.3 Å². The number of nitrogens with one attached hydrogen (secondary N) is 1. The van der Waals surface area contributed by atoms with Crippen molar-refractivity contribution in [2.75, 3.05) is 6.61 Å². The predicted molar refractivity (Wildman–Crippen MR) is 133 cm³/mol. The Hall–Kier alpha value is -3.52. The smallest absolute Gasteiger partial charge is 0.277 e. The Balaban J connectivity index is 1.53. The van der Waals surface area contributed by atoms with E-state index in [0.717, 1.165) is 10.9 Å². The van der Waals surface area contributed by atoms with Gasteiger partial charge in [-0.3, -0.25) is 4.79 Å². The number of phenolic OH excluding ortho intramolecular Hbond substituents is 1. The second kappa shape index (κ2) is 11.9. The zero-order chi connectivity index (χ0) is 23.6. The van der Waals surface area contributed by atoms with Crippen molar-refractivity contribution in [3.8, 4) is 11.5 Å². The Kier molecular flexibility index (Phi) is 8.71. The first kappa shape index (κ1) is 24.1. The minimum absolute atomic E-state index is 0.00653. The molecule has 0 aliphatic carbocycles. The van der Waals surface area contributed by atoms with Crippen molar-refractivity contribution in [1.82, 2.24) is 5.43 Å². The lowest BCUT2D eigenvalue weighted by atomic mass is 9.99. The van der Waals surface area contributed by atoms with Crippen LogP contribution in [0.3, 0.4) is 0 Å². The van der Waals surface area contributed by atoms with Gasteiger partial charge in [0, 0.05) is 10.0 Å². The van der Waals surface area contributed by atoms with E-state index >= 15 is 0 Å². The van der Waals surface area contributed by atoms with Gasteiger partial charge in [-0.25, -0.2) is 5.43 Å². The third-order valence-corrected chi connectivity index (χ3v) is 5.42. The van der Waals surface area contributed by atoms with Gasteiger partial charge in [-0.05, 0) is 66.4 Å². The van der Waals surface area contributed by atoms with Crippen LogP contribution in [0.25, 0.3) is 0 Å². The molecule has 8 heteroatoms. The van der Waals surface area contributed by atoms with Crippen LogP contribution in [-0.2, 0) is 4.79 Å². The zero-order valence-corrected chi connectivity index (χ0v) is 20.0. The molecule has 0 spiro atoms. The highest BCUT2D eigenvalue weighted by atomic mass is 79.9. The molecule has 0 saturated heterocycles. The van der Waals surface area contributed by atoms with Gasteiger partial charge >= 0.3 is 0 Å². The number of azo groups is 1. The summed E-state index contributed by atoms with van der Waals surface area (Å²) < 4.78 is 6.40. The van der Waals surface area contributed by atoms with Gasteiger partial charge in [0.1, 0.15) is 11.5 Å². The quantitative estimate of drug-likeness (QED) is 0.193. The van der Waals surface area contributed by atoms with Gasteiger partial charge in [0.05, 0.1) is 17.6 Å². The van der Waals surface area contributed by atoms with Crippen molar-refractivity contribution in [1.29, 1.82) is 0 Å². The number of amides is 1. The summed E-state index contributed by atoms with van der Waals surface area (Å²) in [6.45, 7) is 4.14. The third kappa shape index (κ3) is 7.54. The van der Waals surface area contributed by atoms with E-state index in [4.69, 9.17) is 4.74 Å². The number of benzene rings is 3. The van der Waals surface area contributed by atoms with Crippen molar-refractivity contribution >= 4 is 39.4 Å². The van der Waals surface area contributed by atoms with E-state index in [0.29, 0.717) is 28.6 Å². The molecule has 3 aromatic rings. The van der Waals surface area contributed by atoms with Gasteiger partial charge in [0.15, 0.2) is 6.61 Å². The molecule has 3 aromatic carbocycles. The van der Waals surface area contributed by atoms with Gasteiger partial charge in [-0.1, -0.05) is 48.0 Å². The van der Waals surface area contributed by atoms with E-state index in [-0.39, 0.29) is 12.4 Å². The number of aromatic hydroxyl groups is 1. The number of hydrogen-bond donors (Lipinski definition) is 2. The molecule has 0 saturated carbocycles. The van der Waals surface area contributed by atoms with Gasteiger partial charge < -0.3 is 9.84 Å². The first-order valence-electron chi connectivity index (χ1n) is 10.5. The summed E-state index contributed by atoms with van der Waals surface area (Å²) in [6, 6.07) is 19.9. The second-order valence-electron chi connectivity index (χ2n) is 7.38. The Labute approximate surface area is 201 Å². The molecule has 3 rings (SSSR count). The Bertz CT molecular complexity index is 1150. The SMILES string of the molecule is CCC(C)c1ccc(OCC(=O)N/N=C/c2cc(N=Nc3cccc(Br)c3)ccc2O)cc1. The number of hydrazone groups is 1. The van der Waals surface area contributed by atoms with Crippen molar-refractivity contribution in [3.63, 3.8) is 0 Å². The van der Waals surface area contributed by atoms with Crippen molar-refractivity contribution in [2.45, 2.75) is 26.2 Å². The van der Waals surface area contributed by atoms with E-state index < -0.39 is 5.91 Å². The van der Waals surface area contributed by atoms with Crippen LogP contribution in [-0.4, -0.2) is 23.8 Å². The number of carbonyl (C=O) groups is 1. The first-order valence-corrected chi connectivity index (χ1v) is 11.3. The number of ether oxygens (including phenoxy) is 1. The number of hydrogen-bond acceptors (Lipinski definition) is 6. The monoisotopic (exact) mass is 508 g/mol. The molecule has 170 valence electrons. The number of carbonyl (C=O) groups excluding carboxylic acids is 1. The average Bonchev–Trinajstić information content (AvgIpc) is 2.83. The molecule has 1 atom stereocenters. The lowest BCUT2D eigenvalue weighted by Gasteiger charge is -2.10. The highest BCUT2D eigenvalue weighted by Gasteiger charge is 2.05. The fourth-order valence-corrected chi connectivity index (χ4v) is 3.23. The molecule has 7 nitrogen and oxygen atoms in total. The maximum Gasteiger partial charge on any atom is 0.277 e. The number of nitrogens with zero attached hydrogens (tertiary/aromatic N) is 3. The molecule has 2 N–H and O–H groups in total. The van der Waals surface area contributed by atoms with Crippen LogP contribution >= 0.6 is 15.9 Å². The van der Waals surface area contributed by atoms with Crippen molar-refractivity contribution in [2.24, 2.45) is 15.3 Å². The molecule has 33 heavy (non-hydrogen) atoms. The molecule has 1 unspecified atom stereocenters. The average molecular weight is 509 g/mol. The van der Waals surface area contributed by atoms with E-state index in [2.05, 4.69) is 50.5 Å². The summed E-state index contributed by atoms with van der Waals surface area (Å²) >= 11 is 3.39. The Morgan fingerprint density at radius 2 is 1.82 bits per heavy atom. The van der Waals surface area contributed by atoms with Crippen molar-refractivity contribution in [3.05, 3.63) is 82.3 Å². The summed E-state index contributed by atoms with van der Waals surface area (Å²) in [5, 5.41) is 22.3. The second-order valence-corrected chi connectivity index (χ2v) is 8.30. The van der Waals surface area contributed by atoms with Crippen molar-refractivity contribution < 1.29 is 14.6 Å². The fourth-order valence-electron chi connectivity index (χ4n) is 2.84. The normalized spacial score (nSPS) is 12.2. The largest absolute Gasteiger partial charge is 0.507 e. The van der Waals surface area contributed by atoms with Crippen LogP contribution < -0.4 is 10.2 Å². The molecule has 0 aromatic heterocycles. The summed E-state index contributed by atoms with van der Waals surface area (Å²) in [7, 11) is 0. The van der Waals surface area contributed by atoms with Crippen LogP contribution in [0.4, 0.5) is 11.4 Å². The van der Waals surface area contributed by atoms with Crippen LogP contribution in [0.15, 0.2) is 86.5 Å². The van der Waals surface area contributed by atoms with Gasteiger partial charge in [0.25, 0.3) is 5.91 Å². The molecule has 0 aliphatic rings. The molecular formula is C25H25BrN4O3. The highest BCUT2D eigenvalue weighted by Crippen LogP contribution is 2.25. The van der Waals surface area contributed by atoms with Crippen LogP contribution in [0.2, 0.25) is 0 Å². The van der Waals surface area contributed by atoms with Crippen LogP contribution in [0.5, 0.6) is 11.5 Å². The summed E-state index contributed by atoms with van der Waals surface area (Å²) in [6.07, 6.45) is 2.40. The number of halogens is 1. The molecule has 0 aliphatic heterocycles.